The van der Waals surface area contributed by atoms with Gasteiger partial charge in [0.2, 0.25) is 5.91 Å². The molecule has 0 radical (unpaired) electrons. The zero-order valence-corrected chi connectivity index (χ0v) is 12.5. The van der Waals surface area contributed by atoms with Crippen molar-refractivity contribution in [3.05, 3.63) is 29.8 Å². The Balaban J connectivity index is 1.67. The van der Waals surface area contributed by atoms with Gasteiger partial charge in [-0.15, -0.1) is 11.8 Å². The smallest absolute Gasteiger partial charge is 0.236 e. The minimum Gasteiger partial charge on any atom is -0.341 e. The van der Waals surface area contributed by atoms with E-state index in [1.165, 1.54) is 10.5 Å². The predicted octanol–water partition coefficient (Wildman–Crippen LogP) is 2.53. The Hall–Kier alpha value is -1.29. The Morgan fingerprint density at radius 1 is 1.40 bits per heavy atom. The lowest BCUT2D eigenvalue weighted by Gasteiger charge is -2.32. The molecule has 2 aliphatic rings. The molecule has 3 rings (SSSR count). The van der Waals surface area contributed by atoms with Gasteiger partial charge in [0, 0.05) is 30.3 Å². The number of benzene rings is 1. The Bertz CT molecular complexity index is 518. The van der Waals surface area contributed by atoms with Crippen LogP contribution in [0.4, 0.5) is 0 Å². The molecule has 2 unspecified atom stereocenters. The molecule has 4 heteroatoms. The Morgan fingerprint density at radius 2 is 2.20 bits per heavy atom. The first-order valence-electron chi connectivity index (χ1n) is 7.25. The molecule has 2 aliphatic heterocycles. The monoisotopic (exact) mass is 289 g/mol. The van der Waals surface area contributed by atoms with Crippen molar-refractivity contribution in [2.75, 3.05) is 13.1 Å². The number of amides is 1. The number of Topliss-reactive ketones (excluding diaryl/α,β-unsaturated/α-hetero) is 1. The summed E-state index contributed by atoms with van der Waals surface area (Å²) in [6, 6.07) is 8.23. The molecule has 0 bridgehead atoms. The molecule has 1 saturated heterocycles. The molecule has 106 valence electrons. The summed E-state index contributed by atoms with van der Waals surface area (Å²) >= 11 is 1.67. The lowest BCUT2D eigenvalue weighted by atomic mass is 9.94. The molecule has 1 fully saturated rings. The zero-order valence-electron chi connectivity index (χ0n) is 11.7. The van der Waals surface area contributed by atoms with Gasteiger partial charge >= 0.3 is 0 Å². The van der Waals surface area contributed by atoms with E-state index in [4.69, 9.17) is 0 Å². The van der Waals surface area contributed by atoms with Gasteiger partial charge in [-0.3, -0.25) is 9.59 Å². The highest BCUT2D eigenvalue weighted by atomic mass is 32.2. The van der Waals surface area contributed by atoms with Crippen molar-refractivity contribution >= 4 is 23.5 Å². The minimum atomic E-state index is -0.00175. The van der Waals surface area contributed by atoms with Crippen molar-refractivity contribution in [1.29, 1.82) is 0 Å². The topological polar surface area (TPSA) is 37.4 Å². The highest BCUT2D eigenvalue weighted by molar-refractivity contribution is 8.01. The summed E-state index contributed by atoms with van der Waals surface area (Å²) in [6.45, 7) is 3.24. The van der Waals surface area contributed by atoms with E-state index in [0.717, 1.165) is 12.8 Å². The fourth-order valence-electron chi connectivity index (χ4n) is 2.99. The van der Waals surface area contributed by atoms with Gasteiger partial charge in [-0.05, 0) is 24.5 Å². The molecular formula is C16H19NO2S. The van der Waals surface area contributed by atoms with E-state index < -0.39 is 0 Å². The molecule has 0 spiro atoms. The van der Waals surface area contributed by atoms with Crippen LogP contribution in [0.1, 0.15) is 25.3 Å². The Kier molecular flexibility index (Phi) is 3.83. The number of rotatable bonds is 2. The lowest BCUT2D eigenvalue weighted by Crippen LogP contribution is -2.47. The number of carbonyl (C=O) groups excluding carboxylic acids is 2. The van der Waals surface area contributed by atoms with E-state index in [1.54, 1.807) is 11.8 Å². The van der Waals surface area contributed by atoms with Gasteiger partial charge in [0.15, 0.2) is 0 Å². The molecule has 2 atom stereocenters. The molecule has 0 saturated carbocycles. The van der Waals surface area contributed by atoms with Crippen LogP contribution >= 0.6 is 11.8 Å². The molecule has 1 amide bonds. The highest BCUT2D eigenvalue weighted by Gasteiger charge is 2.35. The van der Waals surface area contributed by atoms with Crippen molar-refractivity contribution in [2.45, 2.75) is 36.3 Å². The number of nitrogens with zero attached hydrogens (tertiary/aromatic N) is 1. The molecule has 20 heavy (non-hydrogen) atoms. The predicted molar refractivity (Wildman–Crippen MR) is 79.8 cm³/mol. The standard InChI is InChI=1S/C16H19NO2S/c1-2-11-10-17(8-7-13(11)18)16(19)15-9-12-5-3-4-6-14(12)20-15/h3-6,11,15H,2,7-10H2,1H3. The van der Waals surface area contributed by atoms with Gasteiger partial charge in [0.05, 0.1) is 5.25 Å². The molecule has 1 aromatic rings. The molecule has 1 aromatic carbocycles. The molecule has 0 N–H and O–H groups in total. The summed E-state index contributed by atoms with van der Waals surface area (Å²) in [5.41, 5.74) is 1.27. The van der Waals surface area contributed by atoms with Gasteiger partial charge in [0.25, 0.3) is 0 Å². The summed E-state index contributed by atoms with van der Waals surface area (Å²) in [5, 5.41) is -0.00175. The largest absolute Gasteiger partial charge is 0.341 e. The maximum atomic E-state index is 12.6. The number of fused-ring (bicyclic) bond motifs is 1. The average Bonchev–Trinajstić information content (AvgIpc) is 2.91. The van der Waals surface area contributed by atoms with Crippen LogP contribution < -0.4 is 0 Å². The Labute approximate surface area is 123 Å². The van der Waals surface area contributed by atoms with Crippen molar-refractivity contribution in [3.63, 3.8) is 0 Å². The van der Waals surface area contributed by atoms with Crippen LogP contribution in [0.2, 0.25) is 0 Å². The number of thioether (sulfide) groups is 1. The summed E-state index contributed by atoms with van der Waals surface area (Å²) in [4.78, 5) is 27.5. The van der Waals surface area contributed by atoms with Crippen molar-refractivity contribution in [3.8, 4) is 0 Å². The van der Waals surface area contributed by atoms with Crippen LogP contribution in [0.3, 0.4) is 0 Å². The van der Waals surface area contributed by atoms with E-state index in [2.05, 4.69) is 12.1 Å². The second kappa shape index (κ2) is 5.60. The van der Waals surface area contributed by atoms with E-state index in [9.17, 15) is 9.59 Å². The normalized spacial score (nSPS) is 25.6. The molecule has 2 heterocycles. The van der Waals surface area contributed by atoms with Crippen molar-refractivity contribution in [2.24, 2.45) is 5.92 Å². The van der Waals surface area contributed by atoms with Gasteiger partial charge in [-0.2, -0.15) is 0 Å². The van der Waals surface area contributed by atoms with Gasteiger partial charge in [-0.1, -0.05) is 25.1 Å². The van der Waals surface area contributed by atoms with Crippen LogP contribution in [0, 0.1) is 5.92 Å². The average molecular weight is 289 g/mol. The third kappa shape index (κ3) is 2.49. The van der Waals surface area contributed by atoms with E-state index in [-0.39, 0.29) is 17.1 Å². The summed E-state index contributed by atoms with van der Waals surface area (Å²) in [6.07, 6.45) is 2.18. The number of piperidine rings is 1. The van der Waals surface area contributed by atoms with Crippen LogP contribution in [-0.4, -0.2) is 34.9 Å². The van der Waals surface area contributed by atoms with E-state index in [1.807, 2.05) is 24.0 Å². The fraction of sp³-hybridized carbons (Fsp3) is 0.500. The van der Waals surface area contributed by atoms with E-state index >= 15 is 0 Å². The number of likely N-dealkylation sites (tertiary alicyclic amines) is 1. The second-order valence-electron chi connectivity index (χ2n) is 5.52. The summed E-state index contributed by atoms with van der Waals surface area (Å²) in [7, 11) is 0. The second-order valence-corrected chi connectivity index (χ2v) is 6.77. The maximum Gasteiger partial charge on any atom is 0.236 e. The van der Waals surface area contributed by atoms with Gasteiger partial charge in [-0.25, -0.2) is 0 Å². The Morgan fingerprint density at radius 3 is 2.95 bits per heavy atom. The minimum absolute atomic E-state index is 0.00175. The number of ketones is 1. The quantitative estimate of drug-likeness (QED) is 0.839. The van der Waals surface area contributed by atoms with Crippen LogP contribution in [0.15, 0.2) is 29.2 Å². The number of hydrogen-bond donors (Lipinski definition) is 0. The first kappa shape index (κ1) is 13.7. The third-order valence-corrected chi connectivity index (χ3v) is 5.56. The SMILES string of the molecule is CCC1CN(C(=O)C2Cc3ccccc3S2)CCC1=O. The first-order chi connectivity index (χ1) is 9.69. The first-order valence-corrected chi connectivity index (χ1v) is 8.13. The van der Waals surface area contributed by atoms with Crippen molar-refractivity contribution in [1.82, 2.24) is 4.90 Å². The summed E-state index contributed by atoms with van der Waals surface area (Å²) in [5.74, 6) is 0.567. The van der Waals surface area contributed by atoms with E-state index in [0.29, 0.717) is 25.3 Å². The molecule has 3 nitrogen and oxygen atoms in total. The van der Waals surface area contributed by atoms with Gasteiger partial charge < -0.3 is 4.90 Å². The summed E-state index contributed by atoms with van der Waals surface area (Å²) < 4.78 is 0. The van der Waals surface area contributed by atoms with Crippen LogP contribution in [0.5, 0.6) is 0 Å². The third-order valence-electron chi connectivity index (χ3n) is 4.25. The van der Waals surface area contributed by atoms with Crippen LogP contribution in [0.25, 0.3) is 0 Å². The lowest BCUT2D eigenvalue weighted by molar-refractivity contribution is -0.136. The zero-order chi connectivity index (χ0) is 14.1. The maximum absolute atomic E-state index is 12.6. The molecular weight excluding hydrogens is 270 g/mol. The number of carbonyl (C=O) groups is 2. The molecule has 0 aromatic heterocycles. The molecule has 0 aliphatic carbocycles. The van der Waals surface area contributed by atoms with Crippen LogP contribution in [-0.2, 0) is 16.0 Å². The van der Waals surface area contributed by atoms with Crippen molar-refractivity contribution < 1.29 is 9.59 Å². The number of hydrogen-bond acceptors (Lipinski definition) is 3. The fourth-order valence-corrected chi connectivity index (χ4v) is 4.27. The van der Waals surface area contributed by atoms with Gasteiger partial charge in [0.1, 0.15) is 5.78 Å². The highest BCUT2D eigenvalue weighted by Crippen LogP contribution is 2.38.